The highest BCUT2D eigenvalue weighted by molar-refractivity contribution is 6.21. The molecule has 1 aromatic carbocycles. The molecule has 4 N–H and O–H groups in total. The SMILES string of the molecule is NC(=O)CN1CCC(CCN2C(=O)c3c(F)c(F)c(F)c(F)c3C2=O)(CC(N)=O)C1. The van der Waals surface area contributed by atoms with E-state index in [4.69, 9.17) is 11.5 Å². The smallest absolute Gasteiger partial charge is 0.264 e. The van der Waals surface area contributed by atoms with Crippen molar-refractivity contribution < 1.29 is 36.7 Å². The van der Waals surface area contributed by atoms with Crippen molar-refractivity contribution in [2.45, 2.75) is 19.3 Å². The first kappa shape index (κ1) is 21.7. The van der Waals surface area contributed by atoms with Crippen molar-refractivity contribution in [2.24, 2.45) is 16.9 Å². The minimum atomic E-state index is -2.18. The van der Waals surface area contributed by atoms with Crippen LogP contribution in [0.25, 0.3) is 0 Å². The van der Waals surface area contributed by atoms with Gasteiger partial charge in [0.15, 0.2) is 23.3 Å². The lowest BCUT2D eigenvalue weighted by Gasteiger charge is -2.29. The van der Waals surface area contributed by atoms with Gasteiger partial charge in [0.25, 0.3) is 11.8 Å². The summed E-state index contributed by atoms with van der Waals surface area (Å²) in [6.45, 7) is 0.181. The fraction of sp³-hybridized carbons (Fsp3) is 0.444. The number of halogens is 4. The highest BCUT2D eigenvalue weighted by Crippen LogP contribution is 2.39. The Morgan fingerprint density at radius 3 is 1.90 bits per heavy atom. The molecule has 0 bridgehead atoms. The van der Waals surface area contributed by atoms with Gasteiger partial charge in [-0.2, -0.15) is 0 Å². The number of hydrogen-bond donors (Lipinski definition) is 2. The number of nitrogens with zero attached hydrogens (tertiary/aromatic N) is 2. The van der Waals surface area contributed by atoms with Gasteiger partial charge in [-0.05, 0) is 24.8 Å². The van der Waals surface area contributed by atoms with E-state index >= 15 is 0 Å². The Bertz CT molecular complexity index is 923. The van der Waals surface area contributed by atoms with Gasteiger partial charge in [0.2, 0.25) is 11.8 Å². The number of rotatable bonds is 7. The third-order valence-electron chi connectivity index (χ3n) is 5.50. The maximum absolute atomic E-state index is 14.0. The summed E-state index contributed by atoms with van der Waals surface area (Å²) >= 11 is 0. The molecule has 1 fully saturated rings. The van der Waals surface area contributed by atoms with Crippen LogP contribution < -0.4 is 11.5 Å². The lowest BCUT2D eigenvalue weighted by atomic mass is 9.80. The molecule has 2 aliphatic heterocycles. The first-order valence-corrected chi connectivity index (χ1v) is 8.98. The number of carbonyl (C=O) groups excluding carboxylic acids is 4. The van der Waals surface area contributed by atoms with E-state index in [9.17, 15) is 36.7 Å². The number of imide groups is 1. The van der Waals surface area contributed by atoms with Gasteiger partial charge in [0, 0.05) is 19.5 Å². The zero-order valence-electron chi connectivity index (χ0n) is 15.6. The van der Waals surface area contributed by atoms with Crippen LogP contribution in [-0.4, -0.2) is 59.6 Å². The Hall–Kier alpha value is -3.02. The number of amides is 4. The van der Waals surface area contributed by atoms with Crippen LogP contribution in [0.5, 0.6) is 0 Å². The van der Waals surface area contributed by atoms with Crippen molar-refractivity contribution in [2.75, 3.05) is 26.2 Å². The Morgan fingerprint density at radius 1 is 0.900 bits per heavy atom. The summed E-state index contributed by atoms with van der Waals surface area (Å²) in [7, 11) is 0. The van der Waals surface area contributed by atoms with Gasteiger partial charge >= 0.3 is 0 Å². The monoisotopic (exact) mass is 430 g/mol. The summed E-state index contributed by atoms with van der Waals surface area (Å²) in [6.07, 6.45) is 0.278. The number of hydrogen-bond acceptors (Lipinski definition) is 5. The number of nitrogens with two attached hydrogens (primary N) is 2. The van der Waals surface area contributed by atoms with Crippen molar-refractivity contribution in [3.8, 4) is 0 Å². The lowest BCUT2D eigenvalue weighted by molar-refractivity contribution is -0.120. The van der Waals surface area contributed by atoms with Crippen LogP contribution in [0.3, 0.4) is 0 Å². The van der Waals surface area contributed by atoms with Crippen LogP contribution in [0.1, 0.15) is 40.0 Å². The van der Waals surface area contributed by atoms with E-state index in [1.807, 2.05) is 0 Å². The van der Waals surface area contributed by atoms with E-state index < -0.39 is 63.4 Å². The molecule has 0 aliphatic carbocycles. The first-order valence-electron chi connectivity index (χ1n) is 8.98. The largest absolute Gasteiger partial charge is 0.370 e. The third-order valence-corrected chi connectivity index (χ3v) is 5.50. The second kappa shape index (κ2) is 7.67. The van der Waals surface area contributed by atoms with Crippen molar-refractivity contribution in [3.05, 3.63) is 34.4 Å². The van der Waals surface area contributed by atoms with E-state index in [1.165, 1.54) is 0 Å². The lowest BCUT2D eigenvalue weighted by Crippen LogP contribution is -2.39. The summed E-state index contributed by atoms with van der Waals surface area (Å²) < 4.78 is 55.0. The van der Waals surface area contributed by atoms with Gasteiger partial charge < -0.3 is 11.5 Å². The summed E-state index contributed by atoms with van der Waals surface area (Å²) in [5.74, 6) is -12.1. The fourth-order valence-electron chi connectivity index (χ4n) is 4.14. The molecule has 1 atom stereocenters. The third kappa shape index (κ3) is 3.62. The van der Waals surface area contributed by atoms with Gasteiger partial charge in [-0.15, -0.1) is 0 Å². The highest BCUT2D eigenvalue weighted by Gasteiger charge is 2.46. The molecule has 30 heavy (non-hydrogen) atoms. The molecule has 0 radical (unpaired) electrons. The Morgan fingerprint density at radius 2 is 1.43 bits per heavy atom. The molecule has 8 nitrogen and oxygen atoms in total. The zero-order chi connectivity index (χ0) is 22.4. The predicted molar refractivity (Wildman–Crippen MR) is 92.8 cm³/mol. The second-order valence-electron chi connectivity index (χ2n) is 7.59. The first-order chi connectivity index (χ1) is 14.0. The van der Waals surface area contributed by atoms with Gasteiger partial charge in [-0.25, -0.2) is 17.6 Å². The fourth-order valence-corrected chi connectivity index (χ4v) is 4.14. The summed E-state index contributed by atoms with van der Waals surface area (Å²) in [6, 6.07) is 0. The number of primary amides is 2. The van der Waals surface area contributed by atoms with Crippen LogP contribution in [0, 0.1) is 28.7 Å². The minimum Gasteiger partial charge on any atom is -0.370 e. The molecule has 4 amide bonds. The van der Waals surface area contributed by atoms with Crippen molar-refractivity contribution in [3.63, 3.8) is 0 Å². The van der Waals surface area contributed by atoms with Crippen LogP contribution in [-0.2, 0) is 9.59 Å². The van der Waals surface area contributed by atoms with Gasteiger partial charge in [-0.3, -0.25) is 29.0 Å². The Balaban J connectivity index is 1.83. The number of carbonyl (C=O) groups is 4. The maximum Gasteiger partial charge on any atom is 0.264 e. The Labute approximate surface area is 167 Å². The van der Waals surface area contributed by atoms with Gasteiger partial charge in [0.1, 0.15) is 0 Å². The molecule has 1 aromatic rings. The van der Waals surface area contributed by atoms with E-state index in [0.29, 0.717) is 17.9 Å². The molecule has 0 aromatic heterocycles. The average molecular weight is 430 g/mol. The van der Waals surface area contributed by atoms with Crippen LogP contribution in [0.15, 0.2) is 0 Å². The van der Waals surface area contributed by atoms with E-state index in [0.717, 1.165) is 0 Å². The molecule has 2 aliphatic rings. The highest BCUT2D eigenvalue weighted by atomic mass is 19.2. The molecule has 162 valence electrons. The molecule has 1 saturated heterocycles. The van der Waals surface area contributed by atoms with Gasteiger partial charge in [-0.1, -0.05) is 0 Å². The molecule has 2 heterocycles. The summed E-state index contributed by atoms with van der Waals surface area (Å²) in [5, 5.41) is 0. The average Bonchev–Trinajstić information content (AvgIpc) is 3.14. The normalized spacial score (nSPS) is 21.4. The van der Waals surface area contributed by atoms with Crippen molar-refractivity contribution in [1.82, 2.24) is 9.80 Å². The van der Waals surface area contributed by atoms with E-state index in [1.54, 1.807) is 4.90 Å². The van der Waals surface area contributed by atoms with E-state index in [2.05, 4.69) is 0 Å². The second-order valence-corrected chi connectivity index (χ2v) is 7.59. The van der Waals surface area contributed by atoms with E-state index in [-0.39, 0.29) is 32.5 Å². The predicted octanol–water partition coefficient (Wildman–Crippen LogP) is 0.282. The van der Waals surface area contributed by atoms with Crippen molar-refractivity contribution in [1.29, 1.82) is 0 Å². The molecular formula is C18H18F4N4O4. The molecule has 12 heteroatoms. The quantitative estimate of drug-likeness (QED) is 0.278. The number of benzene rings is 1. The molecule has 0 spiro atoms. The maximum atomic E-state index is 14.0. The van der Waals surface area contributed by atoms with Crippen molar-refractivity contribution >= 4 is 23.6 Å². The molecule has 0 saturated carbocycles. The molecular weight excluding hydrogens is 412 g/mol. The Kier molecular flexibility index (Phi) is 5.54. The number of fused-ring (bicyclic) bond motifs is 1. The summed E-state index contributed by atoms with van der Waals surface area (Å²) in [4.78, 5) is 49.7. The topological polar surface area (TPSA) is 127 Å². The zero-order valence-corrected chi connectivity index (χ0v) is 15.6. The molecule has 3 rings (SSSR count). The minimum absolute atomic E-state index is 0.0187. The number of likely N-dealkylation sites (tertiary alicyclic amines) is 1. The standard InChI is InChI=1S/C18H18F4N4O4/c19-12-10-11(13(20)15(22)14(12)21)17(30)26(16(10)29)4-2-18(5-8(23)27)1-3-25(7-18)6-9(24)28/h1-7H2,(H2,23,27)(H2,24,28). The summed E-state index contributed by atoms with van der Waals surface area (Å²) in [5.41, 5.74) is 7.33. The van der Waals surface area contributed by atoms with Crippen LogP contribution in [0.4, 0.5) is 17.6 Å². The van der Waals surface area contributed by atoms with Crippen LogP contribution in [0.2, 0.25) is 0 Å². The van der Waals surface area contributed by atoms with Gasteiger partial charge in [0.05, 0.1) is 17.7 Å². The molecule has 1 unspecified atom stereocenters. The van der Waals surface area contributed by atoms with Crippen LogP contribution >= 0.6 is 0 Å².